The summed E-state index contributed by atoms with van der Waals surface area (Å²) in [4.78, 5) is 20.6. The molecule has 0 aromatic carbocycles. The predicted octanol–water partition coefficient (Wildman–Crippen LogP) is 0.662. The Morgan fingerprint density at radius 3 is 1.00 bits per heavy atom. The van der Waals surface area contributed by atoms with Gasteiger partial charge in [0.25, 0.3) is 0 Å². The summed E-state index contributed by atoms with van der Waals surface area (Å²) in [5.74, 6) is 0. The number of unbranched alkanes of at least 4 members (excludes halogenated alkanes) is 19. The van der Waals surface area contributed by atoms with Gasteiger partial charge in [0.05, 0.1) is 14.4 Å². The molecule has 0 heterocycles. The molecule has 0 bridgehead atoms. The summed E-state index contributed by atoms with van der Waals surface area (Å²) in [6, 6.07) is 0. The number of phosphoric acid groups is 1. The number of hydrogen-bond acceptors (Lipinski definition) is 4. The minimum atomic E-state index is -4.76. The quantitative estimate of drug-likeness (QED) is 0.129. The Labute approximate surface area is 266 Å². The first-order chi connectivity index (χ1) is 13.1. The third-order valence-electron chi connectivity index (χ3n) is 5.25. The van der Waals surface area contributed by atoms with E-state index in [4.69, 9.17) is 0 Å². The zero-order valence-corrected chi connectivity index (χ0v) is 27.1. The number of hydrogen-bond donors (Lipinski definition) is 0. The van der Waals surface area contributed by atoms with E-state index < -0.39 is 7.82 Å². The van der Waals surface area contributed by atoms with Crippen molar-refractivity contribution in [3.63, 3.8) is 0 Å². The van der Waals surface area contributed by atoms with Crippen molar-refractivity contribution in [2.45, 2.75) is 135 Å². The molecule has 0 radical (unpaired) electrons. The van der Waals surface area contributed by atoms with Crippen LogP contribution in [0, 0.1) is 0 Å². The van der Waals surface area contributed by atoms with E-state index in [0.29, 0.717) is 6.42 Å². The minimum absolute atomic E-state index is 0. The molecule has 0 atom stereocenters. The summed E-state index contributed by atoms with van der Waals surface area (Å²) < 4.78 is 14.5. The fourth-order valence-corrected chi connectivity index (χ4v) is 3.89. The Bertz CT molecular complexity index is 341. The predicted molar refractivity (Wildman–Crippen MR) is 112 cm³/mol. The summed E-state index contributed by atoms with van der Waals surface area (Å²) in [6.45, 7) is 2.32. The average Bonchev–Trinajstić information content (AvgIpc) is 2.62. The van der Waals surface area contributed by atoms with Crippen molar-refractivity contribution in [2.75, 3.05) is 6.61 Å². The van der Waals surface area contributed by atoms with Gasteiger partial charge in [-0.05, 0) is 6.42 Å². The van der Waals surface area contributed by atoms with Crippen LogP contribution in [0.2, 0.25) is 0 Å². The molecular weight excluding hydrogens is 437 g/mol. The summed E-state index contributed by atoms with van der Waals surface area (Å²) in [7, 11) is -4.76. The van der Waals surface area contributed by atoms with Gasteiger partial charge in [0, 0.05) is 0 Å². The molecule has 0 aliphatic rings. The summed E-state index contributed by atoms with van der Waals surface area (Å²) >= 11 is 0. The molecule has 0 amide bonds. The number of rotatable bonds is 22. The van der Waals surface area contributed by atoms with Crippen LogP contribution in [0.3, 0.4) is 0 Å². The van der Waals surface area contributed by atoms with Crippen LogP contribution in [0.4, 0.5) is 0 Å². The third kappa shape index (κ3) is 36.1. The maximum atomic E-state index is 10.3. The van der Waals surface area contributed by atoms with Crippen molar-refractivity contribution in [3.8, 4) is 0 Å². The molecule has 0 aromatic heterocycles. The molecule has 0 saturated carbocycles. The summed E-state index contributed by atoms with van der Waals surface area (Å²) in [6.07, 6.45) is 26.2. The number of phosphoric ester groups is 1. The van der Waals surface area contributed by atoms with Crippen molar-refractivity contribution in [2.24, 2.45) is 0 Å². The molecule has 0 N–H and O–H groups in total. The molecule has 0 rings (SSSR count). The van der Waals surface area contributed by atoms with E-state index in [1.807, 2.05) is 0 Å². The molecule has 7 heteroatoms. The van der Waals surface area contributed by atoms with E-state index in [1.54, 1.807) is 0 Å². The molecule has 164 valence electrons. The molecule has 0 aromatic rings. The normalized spacial score (nSPS) is 11.1. The molecule has 0 saturated heterocycles. The second-order valence-electron chi connectivity index (χ2n) is 8.00. The molecule has 0 aliphatic heterocycles. The molecule has 0 unspecified atom stereocenters. The van der Waals surface area contributed by atoms with Crippen LogP contribution in [0.1, 0.15) is 135 Å². The van der Waals surface area contributed by atoms with Gasteiger partial charge in [-0.2, -0.15) is 0 Å². The van der Waals surface area contributed by atoms with Crippen LogP contribution in [-0.4, -0.2) is 6.61 Å². The fraction of sp³-hybridized carbons (Fsp3) is 1.00. The van der Waals surface area contributed by atoms with Gasteiger partial charge in [-0.15, -0.1) is 0 Å². The Morgan fingerprint density at radius 1 is 0.517 bits per heavy atom. The van der Waals surface area contributed by atoms with Crippen LogP contribution >= 0.6 is 7.82 Å². The van der Waals surface area contributed by atoms with Crippen molar-refractivity contribution in [1.82, 2.24) is 0 Å². The standard InChI is InChI=1S/C22H47O4P.2K/c1-2-3-4-5-6-7-8-9-10-11-12-13-14-15-16-17-18-19-20-21-22-26-27(23,24)25;;/h2-22H2,1H3,(H2,23,24,25);;/q;2*+1/p-2. The Hall–Kier alpha value is 3.38. The summed E-state index contributed by atoms with van der Waals surface area (Å²) in [5.41, 5.74) is 0. The summed E-state index contributed by atoms with van der Waals surface area (Å²) in [5, 5.41) is 0. The van der Waals surface area contributed by atoms with Crippen molar-refractivity contribution in [1.29, 1.82) is 0 Å². The maximum Gasteiger partial charge on any atom is 1.00 e. The van der Waals surface area contributed by atoms with Crippen molar-refractivity contribution < 1.29 is 122 Å². The second kappa shape index (κ2) is 29.4. The largest absolute Gasteiger partial charge is 1.00 e. The molecule has 0 fully saturated rings. The van der Waals surface area contributed by atoms with Crippen LogP contribution in [0.5, 0.6) is 0 Å². The SMILES string of the molecule is CCCCCCCCCCCCCCCCCCCCCCOP(=O)([O-])[O-].[K+].[K+]. The van der Waals surface area contributed by atoms with E-state index in [2.05, 4.69) is 11.4 Å². The van der Waals surface area contributed by atoms with Crippen LogP contribution in [0.25, 0.3) is 0 Å². The van der Waals surface area contributed by atoms with Gasteiger partial charge < -0.3 is 18.9 Å². The topological polar surface area (TPSA) is 72.4 Å². The average molecular weight is 483 g/mol. The zero-order valence-electron chi connectivity index (χ0n) is 19.9. The monoisotopic (exact) mass is 482 g/mol. The smallest absolute Gasteiger partial charge is 0.790 e. The maximum absolute atomic E-state index is 10.3. The first kappa shape index (κ1) is 36.9. The first-order valence-corrected chi connectivity index (χ1v) is 13.2. The Balaban J connectivity index is -0.00000338. The van der Waals surface area contributed by atoms with Crippen LogP contribution in [0.15, 0.2) is 0 Å². The van der Waals surface area contributed by atoms with Gasteiger partial charge in [-0.1, -0.05) is 129 Å². The first-order valence-electron chi connectivity index (χ1n) is 11.7. The van der Waals surface area contributed by atoms with Gasteiger partial charge in [0.1, 0.15) is 0 Å². The molecule has 29 heavy (non-hydrogen) atoms. The van der Waals surface area contributed by atoms with Gasteiger partial charge in [0.2, 0.25) is 0 Å². The zero-order chi connectivity index (χ0) is 20.1. The van der Waals surface area contributed by atoms with Crippen molar-refractivity contribution >= 4 is 7.82 Å². The van der Waals surface area contributed by atoms with E-state index in [9.17, 15) is 14.4 Å². The minimum Gasteiger partial charge on any atom is -0.790 e. The Morgan fingerprint density at radius 2 is 0.759 bits per heavy atom. The third-order valence-corrected chi connectivity index (χ3v) is 5.75. The van der Waals surface area contributed by atoms with Gasteiger partial charge in [-0.25, -0.2) is 0 Å². The molecule has 4 nitrogen and oxygen atoms in total. The van der Waals surface area contributed by atoms with E-state index in [0.717, 1.165) is 12.8 Å². The van der Waals surface area contributed by atoms with E-state index in [1.165, 1.54) is 109 Å². The molecule has 0 spiro atoms. The van der Waals surface area contributed by atoms with E-state index in [-0.39, 0.29) is 109 Å². The van der Waals surface area contributed by atoms with Gasteiger partial charge in [0.15, 0.2) is 0 Å². The fourth-order valence-electron chi connectivity index (χ4n) is 3.53. The van der Waals surface area contributed by atoms with Crippen LogP contribution < -0.4 is 113 Å². The van der Waals surface area contributed by atoms with Crippen molar-refractivity contribution in [3.05, 3.63) is 0 Å². The van der Waals surface area contributed by atoms with Gasteiger partial charge >= 0.3 is 103 Å². The Kier molecular flexibility index (Phi) is 37.5. The molecular formula is C22H45K2O4P. The molecule has 0 aliphatic carbocycles. The van der Waals surface area contributed by atoms with E-state index >= 15 is 0 Å². The van der Waals surface area contributed by atoms with Crippen LogP contribution in [-0.2, 0) is 9.09 Å². The second-order valence-corrected chi connectivity index (χ2v) is 9.15. The van der Waals surface area contributed by atoms with Gasteiger partial charge in [-0.3, -0.25) is 0 Å².